The molecule has 1 N–H and O–H groups in total. The van der Waals surface area contributed by atoms with E-state index in [1.54, 1.807) is 7.05 Å². The Morgan fingerprint density at radius 1 is 1.07 bits per heavy atom. The fourth-order valence-corrected chi connectivity index (χ4v) is 5.08. The Balaban J connectivity index is 1.63. The Morgan fingerprint density at radius 3 is 2.21 bits per heavy atom. The smallest absolute Gasteiger partial charge is 0.244 e. The third-order valence-electron chi connectivity index (χ3n) is 5.36. The third kappa shape index (κ3) is 4.41. The van der Waals surface area contributed by atoms with E-state index in [0.29, 0.717) is 5.69 Å². The second kappa shape index (κ2) is 8.40. The summed E-state index contributed by atoms with van der Waals surface area (Å²) in [4.78, 5) is 36.3. The van der Waals surface area contributed by atoms with Crippen molar-refractivity contribution in [3.63, 3.8) is 0 Å². The lowest BCUT2D eigenvalue weighted by Gasteiger charge is -2.30. The van der Waals surface area contributed by atoms with E-state index in [4.69, 9.17) is 0 Å². The molecule has 1 saturated heterocycles. The number of imide groups is 1. The summed E-state index contributed by atoms with van der Waals surface area (Å²) in [6.07, 6.45) is 5.23. The van der Waals surface area contributed by atoms with Crippen LogP contribution in [0.25, 0.3) is 0 Å². The molecule has 3 rings (SSSR count). The second-order valence-corrected chi connectivity index (χ2v) is 9.26. The minimum absolute atomic E-state index is 0.0219. The molecule has 3 amide bonds. The van der Waals surface area contributed by atoms with Gasteiger partial charge in [-0.05, 0) is 37.1 Å². The van der Waals surface area contributed by atoms with Crippen molar-refractivity contribution in [2.75, 3.05) is 18.9 Å². The predicted molar refractivity (Wildman–Crippen MR) is 103 cm³/mol. The molecule has 28 heavy (non-hydrogen) atoms. The van der Waals surface area contributed by atoms with Crippen LogP contribution in [-0.4, -0.2) is 55.0 Å². The average molecular weight is 407 g/mol. The number of likely N-dealkylation sites (tertiary alicyclic amines) is 1. The molecule has 1 heterocycles. The van der Waals surface area contributed by atoms with E-state index in [1.165, 1.54) is 28.6 Å². The molecule has 1 aliphatic carbocycles. The lowest BCUT2D eigenvalue weighted by atomic mass is 9.96. The molecule has 0 aromatic heterocycles. The van der Waals surface area contributed by atoms with Gasteiger partial charge in [0.1, 0.15) is 6.54 Å². The number of benzene rings is 1. The Morgan fingerprint density at radius 2 is 1.64 bits per heavy atom. The van der Waals surface area contributed by atoms with Gasteiger partial charge in [0.05, 0.1) is 4.90 Å². The van der Waals surface area contributed by atoms with Crippen LogP contribution < -0.4 is 5.32 Å². The van der Waals surface area contributed by atoms with Crippen LogP contribution in [-0.2, 0) is 24.4 Å². The summed E-state index contributed by atoms with van der Waals surface area (Å²) in [7, 11) is -1.98. The maximum atomic E-state index is 12.8. The number of anilines is 1. The van der Waals surface area contributed by atoms with Crippen LogP contribution in [0.15, 0.2) is 29.2 Å². The molecule has 9 heteroatoms. The van der Waals surface area contributed by atoms with E-state index in [2.05, 4.69) is 5.32 Å². The first-order valence-electron chi connectivity index (χ1n) is 9.50. The summed E-state index contributed by atoms with van der Waals surface area (Å²) in [6.45, 7) is -0.331. The number of nitrogens with one attached hydrogen (secondary N) is 1. The van der Waals surface area contributed by atoms with Crippen LogP contribution in [0.2, 0.25) is 0 Å². The molecule has 1 aromatic carbocycles. The molecule has 0 atom stereocenters. The first kappa shape index (κ1) is 20.5. The maximum Gasteiger partial charge on any atom is 0.244 e. The van der Waals surface area contributed by atoms with Gasteiger partial charge in [-0.3, -0.25) is 19.3 Å². The first-order valence-corrected chi connectivity index (χ1v) is 10.9. The largest absolute Gasteiger partial charge is 0.325 e. The normalized spacial score (nSPS) is 18.7. The standard InChI is InChI=1S/C19H25N3O5S/c1-21(15-5-3-2-4-6-15)28(26,27)16-9-7-14(8-10-16)20-17(23)13-22-18(24)11-12-19(22)25/h7-10,15H,2-6,11-13H2,1H3,(H,20,23). The maximum absolute atomic E-state index is 12.8. The zero-order valence-corrected chi connectivity index (χ0v) is 16.7. The third-order valence-corrected chi connectivity index (χ3v) is 7.28. The van der Waals surface area contributed by atoms with E-state index in [-0.39, 0.29) is 42.1 Å². The zero-order valence-electron chi connectivity index (χ0n) is 15.9. The van der Waals surface area contributed by atoms with Gasteiger partial charge >= 0.3 is 0 Å². The molecule has 0 bridgehead atoms. The molecule has 1 saturated carbocycles. The number of sulfonamides is 1. The summed E-state index contributed by atoms with van der Waals surface area (Å²) < 4.78 is 27.1. The van der Waals surface area contributed by atoms with E-state index in [0.717, 1.165) is 37.0 Å². The summed E-state index contributed by atoms with van der Waals surface area (Å²) in [5, 5.41) is 2.59. The van der Waals surface area contributed by atoms with Crippen molar-refractivity contribution < 1.29 is 22.8 Å². The fraction of sp³-hybridized carbons (Fsp3) is 0.526. The summed E-state index contributed by atoms with van der Waals surface area (Å²) in [5.74, 6) is -1.21. The molecule has 0 unspecified atom stereocenters. The van der Waals surface area contributed by atoms with Crippen LogP contribution in [0.1, 0.15) is 44.9 Å². The van der Waals surface area contributed by atoms with Gasteiger partial charge in [-0.15, -0.1) is 0 Å². The molecule has 1 aliphatic heterocycles. The SMILES string of the molecule is CN(C1CCCCC1)S(=O)(=O)c1ccc(NC(=O)CN2C(=O)CCC2=O)cc1. The number of hydrogen-bond donors (Lipinski definition) is 1. The van der Waals surface area contributed by atoms with Crippen molar-refractivity contribution in [1.82, 2.24) is 9.21 Å². The van der Waals surface area contributed by atoms with Crippen molar-refractivity contribution in [2.24, 2.45) is 0 Å². The Bertz CT molecular complexity index is 844. The van der Waals surface area contributed by atoms with Crippen molar-refractivity contribution in [1.29, 1.82) is 0 Å². The van der Waals surface area contributed by atoms with Gasteiger partial charge in [0, 0.05) is 31.6 Å². The highest BCUT2D eigenvalue weighted by Crippen LogP contribution is 2.27. The molecule has 2 aliphatic rings. The van der Waals surface area contributed by atoms with Crippen LogP contribution in [0.3, 0.4) is 0 Å². The topological polar surface area (TPSA) is 104 Å². The van der Waals surface area contributed by atoms with Gasteiger partial charge in [0.15, 0.2) is 0 Å². The highest BCUT2D eigenvalue weighted by Gasteiger charge is 2.31. The minimum atomic E-state index is -3.59. The monoisotopic (exact) mass is 407 g/mol. The lowest BCUT2D eigenvalue weighted by Crippen LogP contribution is -2.38. The Kier molecular flexibility index (Phi) is 6.14. The number of carbonyl (C=O) groups is 3. The van der Waals surface area contributed by atoms with Crippen LogP contribution in [0, 0.1) is 0 Å². The van der Waals surface area contributed by atoms with Gasteiger partial charge in [-0.2, -0.15) is 4.31 Å². The second-order valence-electron chi connectivity index (χ2n) is 7.26. The van der Waals surface area contributed by atoms with Crippen molar-refractivity contribution in [3.05, 3.63) is 24.3 Å². The predicted octanol–water partition coefficient (Wildman–Crippen LogP) is 1.73. The van der Waals surface area contributed by atoms with E-state index >= 15 is 0 Å². The molecular weight excluding hydrogens is 382 g/mol. The quantitative estimate of drug-likeness (QED) is 0.723. The minimum Gasteiger partial charge on any atom is -0.325 e. The fourth-order valence-electron chi connectivity index (χ4n) is 3.66. The van der Waals surface area contributed by atoms with E-state index in [1.807, 2.05) is 0 Å². The highest BCUT2D eigenvalue weighted by molar-refractivity contribution is 7.89. The number of amides is 3. The number of nitrogens with zero attached hydrogens (tertiary/aromatic N) is 2. The van der Waals surface area contributed by atoms with Crippen LogP contribution in [0.4, 0.5) is 5.69 Å². The summed E-state index contributed by atoms with van der Waals surface area (Å²) >= 11 is 0. The molecule has 0 radical (unpaired) electrons. The molecule has 8 nitrogen and oxygen atoms in total. The van der Waals surface area contributed by atoms with Gasteiger partial charge in [-0.1, -0.05) is 19.3 Å². The number of rotatable bonds is 6. The summed E-state index contributed by atoms with van der Waals surface area (Å²) in [6, 6.07) is 5.95. The van der Waals surface area contributed by atoms with Gasteiger partial charge in [0.25, 0.3) is 0 Å². The van der Waals surface area contributed by atoms with Crippen LogP contribution >= 0.6 is 0 Å². The Hall–Kier alpha value is -2.26. The van der Waals surface area contributed by atoms with Gasteiger partial charge in [-0.25, -0.2) is 8.42 Å². The van der Waals surface area contributed by atoms with Crippen molar-refractivity contribution >= 4 is 33.4 Å². The molecule has 152 valence electrons. The first-order chi connectivity index (χ1) is 13.3. The van der Waals surface area contributed by atoms with Crippen molar-refractivity contribution in [2.45, 2.75) is 55.9 Å². The van der Waals surface area contributed by atoms with Crippen molar-refractivity contribution in [3.8, 4) is 0 Å². The van der Waals surface area contributed by atoms with Crippen LogP contribution in [0.5, 0.6) is 0 Å². The molecular formula is C19H25N3O5S. The molecule has 2 fully saturated rings. The van der Waals surface area contributed by atoms with E-state index < -0.39 is 15.9 Å². The zero-order chi connectivity index (χ0) is 20.3. The lowest BCUT2D eigenvalue weighted by molar-refractivity contribution is -0.141. The molecule has 1 aromatic rings. The molecule has 0 spiro atoms. The number of carbonyl (C=O) groups excluding carboxylic acids is 3. The van der Waals surface area contributed by atoms with E-state index in [9.17, 15) is 22.8 Å². The average Bonchev–Trinajstić information content (AvgIpc) is 3.00. The number of hydrogen-bond acceptors (Lipinski definition) is 5. The van der Waals surface area contributed by atoms with Gasteiger partial charge < -0.3 is 5.32 Å². The summed E-state index contributed by atoms with van der Waals surface area (Å²) in [5.41, 5.74) is 0.406. The highest BCUT2D eigenvalue weighted by atomic mass is 32.2. The Labute approximate surface area is 164 Å². The van der Waals surface area contributed by atoms with Gasteiger partial charge in [0.2, 0.25) is 27.7 Å².